The first kappa shape index (κ1) is 15.6. The molecule has 0 radical (unpaired) electrons. The van der Waals surface area contributed by atoms with Crippen LogP contribution < -0.4 is 0 Å². The fourth-order valence-electron chi connectivity index (χ4n) is 2.19. The first-order chi connectivity index (χ1) is 9.74. The lowest BCUT2D eigenvalue weighted by molar-refractivity contribution is -0.137. The van der Waals surface area contributed by atoms with Crippen molar-refractivity contribution in [2.24, 2.45) is 0 Å². The zero-order chi connectivity index (χ0) is 15.7. The predicted molar refractivity (Wildman–Crippen MR) is 80.2 cm³/mol. The lowest BCUT2D eigenvalue weighted by Crippen LogP contribution is -2.14. The second-order valence-corrected chi connectivity index (χ2v) is 5.89. The predicted octanol–water partition coefficient (Wildman–Crippen LogP) is 6.06. The Morgan fingerprint density at radius 1 is 0.810 bits per heavy atom. The average Bonchev–Trinajstić information content (AvgIpc) is 2.47. The standard InChI is InChI=1S/C18H19F3/c1-4-17(2,3)15-10-8-13(9-11-15)14-6-5-7-16(12-14)18(19,20)21/h5-12H,4H2,1-3H3. The maximum Gasteiger partial charge on any atom is 0.416 e. The molecule has 0 fully saturated rings. The van der Waals surface area contributed by atoms with Crippen LogP contribution in [0.15, 0.2) is 48.5 Å². The Kier molecular flexibility index (Phi) is 4.13. The number of rotatable bonds is 3. The molecule has 0 unspecified atom stereocenters. The highest BCUT2D eigenvalue weighted by molar-refractivity contribution is 5.64. The van der Waals surface area contributed by atoms with Crippen molar-refractivity contribution in [2.75, 3.05) is 0 Å². The summed E-state index contributed by atoms with van der Waals surface area (Å²) in [5.74, 6) is 0. The number of hydrogen-bond acceptors (Lipinski definition) is 0. The summed E-state index contributed by atoms with van der Waals surface area (Å²) in [4.78, 5) is 0. The SMILES string of the molecule is CCC(C)(C)c1ccc(-c2cccc(C(F)(F)F)c2)cc1. The summed E-state index contributed by atoms with van der Waals surface area (Å²) in [5, 5.41) is 0. The summed E-state index contributed by atoms with van der Waals surface area (Å²) in [6.45, 7) is 6.44. The van der Waals surface area contributed by atoms with Crippen molar-refractivity contribution in [1.29, 1.82) is 0 Å². The van der Waals surface area contributed by atoms with Gasteiger partial charge in [-0.3, -0.25) is 0 Å². The molecule has 0 N–H and O–H groups in total. The molecular formula is C18H19F3. The smallest absolute Gasteiger partial charge is 0.166 e. The van der Waals surface area contributed by atoms with Gasteiger partial charge in [0.1, 0.15) is 0 Å². The Bertz CT molecular complexity index is 607. The van der Waals surface area contributed by atoms with Crippen LogP contribution in [0.3, 0.4) is 0 Å². The van der Waals surface area contributed by atoms with Crippen molar-refractivity contribution >= 4 is 0 Å². The third-order valence-electron chi connectivity index (χ3n) is 4.07. The lowest BCUT2D eigenvalue weighted by Gasteiger charge is -2.23. The summed E-state index contributed by atoms with van der Waals surface area (Å²) in [6, 6.07) is 13.2. The van der Waals surface area contributed by atoms with Crippen molar-refractivity contribution in [3.8, 4) is 11.1 Å². The van der Waals surface area contributed by atoms with Crippen LogP contribution in [-0.4, -0.2) is 0 Å². The molecule has 0 spiro atoms. The fourth-order valence-corrected chi connectivity index (χ4v) is 2.19. The van der Waals surface area contributed by atoms with E-state index < -0.39 is 11.7 Å². The molecule has 2 rings (SSSR count). The molecule has 0 aromatic heterocycles. The van der Waals surface area contributed by atoms with Crippen LogP contribution in [0, 0.1) is 0 Å². The quantitative estimate of drug-likeness (QED) is 0.645. The van der Waals surface area contributed by atoms with Gasteiger partial charge in [0.25, 0.3) is 0 Å². The van der Waals surface area contributed by atoms with Crippen LogP contribution in [0.2, 0.25) is 0 Å². The van der Waals surface area contributed by atoms with E-state index in [1.165, 1.54) is 17.7 Å². The highest BCUT2D eigenvalue weighted by Crippen LogP contribution is 2.33. The van der Waals surface area contributed by atoms with Crippen molar-refractivity contribution in [3.05, 3.63) is 59.7 Å². The van der Waals surface area contributed by atoms with Gasteiger partial charge in [0.05, 0.1) is 5.56 Å². The molecule has 0 saturated heterocycles. The molecule has 0 heterocycles. The normalized spacial score (nSPS) is 12.5. The van der Waals surface area contributed by atoms with Crippen LogP contribution in [0.25, 0.3) is 11.1 Å². The monoisotopic (exact) mass is 292 g/mol. The Morgan fingerprint density at radius 2 is 1.43 bits per heavy atom. The number of alkyl halides is 3. The van der Waals surface area contributed by atoms with Crippen LogP contribution in [0.4, 0.5) is 13.2 Å². The van der Waals surface area contributed by atoms with Gasteiger partial charge in [-0.05, 0) is 40.7 Å². The first-order valence-corrected chi connectivity index (χ1v) is 7.02. The minimum absolute atomic E-state index is 0.0757. The largest absolute Gasteiger partial charge is 0.416 e. The van der Waals surface area contributed by atoms with Crippen molar-refractivity contribution in [1.82, 2.24) is 0 Å². The van der Waals surface area contributed by atoms with Crippen molar-refractivity contribution in [2.45, 2.75) is 38.8 Å². The second kappa shape index (κ2) is 5.55. The minimum atomic E-state index is -4.31. The fraction of sp³-hybridized carbons (Fsp3) is 0.333. The third-order valence-corrected chi connectivity index (χ3v) is 4.07. The number of halogens is 3. The zero-order valence-electron chi connectivity index (χ0n) is 12.5. The van der Waals surface area contributed by atoms with Gasteiger partial charge in [-0.2, -0.15) is 13.2 Å². The molecule has 0 aliphatic rings. The van der Waals surface area contributed by atoms with E-state index in [4.69, 9.17) is 0 Å². The maximum atomic E-state index is 12.7. The topological polar surface area (TPSA) is 0 Å². The number of benzene rings is 2. The molecule has 0 saturated carbocycles. The van der Waals surface area contributed by atoms with Gasteiger partial charge in [-0.25, -0.2) is 0 Å². The molecule has 0 aliphatic carbocycles. The molecule has 21 heavy (non-hydrogen) atoms. The van der Waals surface area contributed by atoms with Gasteiger partial charge < -0.3 is 0 Å². The molecular weight excluding hydrogens is 273 g/mol. The second-order valence-electron chi connectivity index (χ2n) is 5.89. The van der Waals surface area contributed by atoms with Gasteiger partial charge in [-0.15, -0.1) is 0 Å². The highest BCUT2D eigenvalue weighted by atomic mass is 19.4. The van der Waals surface area contributed by atoms with Crippen LogP contribution in [0.5, 0.6) is 0 Å². The van der Waals surface area contributed by atoms with E-state index >= 15 is 0 Å². The van der Waals surface area contributed by atoms with E-state index in [-0.39, 0.29) is 5.41 Å². The lowest BCUT2D eigenvalue weighted by atomic mass is 9.82. The molecule has 0 amide bonds. The summed E-state index contributed by atoms with van der Waals surface area (Å²) in [6.07, 6.45) is -3.30. The van der Waals surface area contributed by atoms with E-state index in [1.807, 2.05) is 24.3 Å². The summed E-state index contributed by atoms with van der Waals surface area (Å²) in [5.41, 5.74) is 2.05. The highest BCUT2D eigenvalue weighted by Gasteiger charge is 2.30. The Hall–Kier alpha value is -1.77. The molecule has 2 aromatic rings. The van der Waals surface area contributed by atoms with Crippen LogP contribution in [0.1, 0.15) is 38.3 Å². The molecule has 0 atom stereocenters. The summed E-state index contributed by atoms with van der Waals surface area (Å²) in [7, 11) is 0. The summed E-state index contributed by atoms with van der Waals surface area (Å²) < 4.78 is 38.2. The molecule has 3 heteroatoms. The van der Waals surface area contributed by atoms with E-state index in [9.17, 15) is 13.2 Å². The molecule has 0 aliphatic heterocycles. The van der Waals surface area contributed by atoms with Gasteiger partial charge in [0.2, 0.25) is 0 Å². The van der Waals surface area contributed by atoms with Crippen molar-refractivity contribution < 1.29 is 13.2 Å². The zero-order valence-corrected chi connectivity index (χ0v) is 12.5. The molecule has 0 nitrogen and oxygen atoms in total. The Balaban J connectivity index is 2.36. The minimum Gasteiger partial charge on any atom is -0.166 e. The van der Waals surface area contributed by atoms with Crippen molar-refractivity contribution in [3.63, 3.8) is 0 Å². The molecule has 2 aromatic carbocycles. The van der Waals surface area contributed by atoms with Gasteiger partial charge in [0, 0.05) is 0 Å². The first-order valence-electron chi connectivity index (χ1n) is 7.02. The Morgan fingerprint density at radius 3 is 1.95 bits per heavy atom. The van der Waals surface area contributed by atoms with Gasteiger partial charge in [-0.1, -0.05) is 57.2 Å². The average molecular weight is 292 g/mol. The van der Waals surface area contributed by atoms with E-state index in [0.717, 1.165) is 18.1 Å². The van der Waals surface area contributed by atoms with Crippen LogP contribution >= 0.6 is 0 Å². The van der Waals surface area contributed by atoms with E-state index in [1.54, 1.807) is 6.07 Å². The third kappa shape index (κ3) is 3.46. The molecule has 112 valence electrons. The summed E-state index contributed by atoms with van der Waals surface area (Å²) >= 11 is 0. The van der Waals surface area contributed by atoms with E-state index in [2.05, 4.69) is 20.8 Å². The van der Waals surface area contributed by atoms with Gasteiger partial charge >= 0.3 is 6.18 Å². The Labute approximate surface area is 123 Å². The van der Waals surface area contributed by atoms with Gasteiger partial charge in [0.15, 0.2) is 0 Å². The van der Waals surface area contributed by atoms with E-state index in [0.29, 0.717) is 5.56 Å². The number of hydrogen-bond donors (Lipinski definition) is 0. The van der Waals surface area contributed by atoms with Crippen LogP contribution in [-0.2, 0) is 11.6 Å². The molecule has 0 bridgehead atoms. The maximum absolute atomic E-state index is 12.7.